The van der Waals surface area contributed by atoms with Crippen molar-refractivity contribution in [1.29, 1.82) is 0 Å². The fourth-order valence-electron chi connectivity index (χ4n) is 2.53. The van der Waals surface area contributed by atoms with E-state index in [2.05, 4.69) is 15.0 Å². The van der Waals surface area contributed by atoms with Crippen LogP contribution in [0.25, 0.3) is 6.08 Å². The van der Waals surface area contributed by atoms with E-state index in [1.54, 1.807) is 42.7 Å². The Kier molecular flexibility index (Phi) is 8.84. The summed E-state index contributed by atoms with van der Waals surface area (Å²) in [7, 11) is -3.43. The standard InChI is InChI=1S/C21H27N3O3S/c1-18-8-11-20(12-9-18)28(26,27)24-16-5-3-2-4-15-23-21(25)13-10-19-7-6-14-22-17-19/h6-14,17,24H,2-5,15-16H2,1H3,(H,23,25). The Morgan fingerprint density at radius 2 is 1.75 bits per heavy atom. The van der Waals surface area contributed by atoms with E-state index in [1.165, 1.54) is 6.08 Å². The number of nitrogens with zero attached hydrogens (tertiary/aromatic N) is 1. The molecule has 0 spiro atoms. The second-order valence-electron chi connectivity index (χ2n) is 6.54. The summed E-state index contributed by atoms with van der Waals surface area (Å²) in [6, 6.07) is 10.5. The number of unbranched alkanes of at least 4 members (excludes halogenated alkanes) is 3. The summed E-state index contributed by atoms with van der Waals surface area (Å²) >= 11 is 0. The number of pyridine rings is 1. The molecule has 0 bridgehead atoms. The van der Waals surface area contributed by atoms with Crippen LogP contribution >= 0.6 is 0 Å². The van der Waals surface area contributed by atoms with Gasteiger partial charge in [0, 0.05) is 31.6 Å². The first-order chi connectivity index (χ1) is 13.5. The zero-order chi connectivity index (χ0) is 20.2. The molecule has 0 fully saturated rings. The monoisotopic (exact) mass is 401 g/mol. The molecule has 2 rings (SSSR count). The topological polar surface area (TPSA) is 88.2 Å². The first kappa shape index (κ1) is 21.8. The van der Waals surface area contributed by atoms with Gasteiger partial charge < -0.3 is 5.32 Å². The van der Waals surface area contributed by atoms with Gasteiger partial charge in [0.1, 0.15) is 0 Å². The van der Waals surface area contributed by atoms with Crippen LogP contribution in [0.5, 0.6) is 0 Å². The molecular formula is C21H27N3O3S. The second kappa shape index (κ2) is 11.4. The van der Waals surface area contributed by atoms with Crippen molar-refractivity contribution >= 4 is 22.0 Å². The van der Waals surface area contributed by atoms with E-state index in [9.17, 15) is 13.2 Å². The van der Waals surface area contributed by atoms with Crippen LogP contribution < -0.4 is 10.0 Å². The van der Waals surface area contributed by atoms with E-state index >= 15 is 0 Å². The molecule has 7 heteroatoms. The Hall–Kier alpha value is -2.51. The molecule has 0 aliphatic rings. The second-order valence-corrected chi connectivity index (χ2v) is 8.30. The number of aromatic nitrogens is 1. The van der Waals surface area contributed by atoms with Crippen LogP contribution in [0.15, 0.2) is 59.8 Å². The van der Waals surface area contributed by atoms with Gasteiger partial charge in [-0.3, -0.25) is 9.78 Å². The summed E-state index contributed by atoms with van der Waals surface area (Å²) in [5, 5.41) is 2.84. The van der Waals surface area contributed by atoms with Gasteiger partial charge in [0.05, 0.1) is 4.90 Å². The number of benzene rings is 1. The normalized spacial score (nSPS) is 11.6. The maximum Gasteiger partial charge on any atom is 0.243 e. The third kappa shape index (κ3) is 8.02. The van der Waals surface area contributed by atoms with Gasteiger partial charge in [0.25, 0.3) is 0 Å². The number of aryl methyl sites for hydroxylation is 1. The number of amides is 1. The van der Waals surface area contributed by atoms with Crippen molar-refractivity contribution < 1.29 is 13.2 Å². The molecule has 0 saturated carbocycles. The van der Waals surface area contributed by atoms with Crippen LogP contribution in [-0.4, -0.2) is 32.4 Å². The average molecular weight is 402 g/mol. The van der Waals surface area contributed by atoms with Crippen molar-refractivity contribution in [1.82, 2.24) is 15.0 Å². The minimum Gasteiger partial charge on any atom is -0.353 e. The summed E-state index contributed by atoms with van der Waals surface area (Å²) in [4.78, 5) is 16.0. The molecule has 0 atom stereocenters. The van der Waals surface area contributed by atoms with Gasteiger partial charge in [0.2, 0.25) is 15.9 Å². The summed E-state index contributed by atoms with van der Waals surface area (Å²) in [6.45, 7) is 2.94. The van der Waals surface area contributed by atoms with Crippen molar-refractivity contribution in [2.45, 2.75) is 37.5 Å². The number of hydrogen-bond acceptors (Lipinski definition) is 4. The first-order valence-corrected chi connectivity index (χ1v) is 10.9. The molecule has 2 aromatic rings. The zero-order valence-corrected chi connectivity index (χ0v) is 16.9. The van der Waals surface area contributed by atoms with Crippen molar-refractivity contribution in [3.8, 4) is 0 Å². The van der Waals surface area contributed by atoms with Crippen LogP contribution in [0.1, 0.15) is 36.8 Å². The zero-order valence-electron chi connectivity index (χ0n) is 16.1. The lowest BCUT2D eigenvalue weighted by molar-refractivity contribution is -0.116. The van der Waals surface area contributed by atoms with E-state index in [0.29, 0.717) is 18.0 Å². The lowest BCUT2D eigenvalue weighted by Gasteiger charge is -2.07. The fourth-order valence-corrected chi connectivity index (χ4v) is 3.60. The molecule has 2 N–H and O–H groups in total. The molecule has 28 heavy (non-hydrogen) atoms. The van der Waals surface area contributed by atoms with Crippen molar-refractivity contribution in [3.63, 3.8) is 0 Å². The average Bonchev–Trinajstić information content (AvgIpc) is 2.69. The minimum atomic E-state index is -3.43. The van der Waals surface area contributed by atoms with Crippen molar-refractivity contribution in [3.05, 3.63) is 66.0 Å². The Morgan fingerprint density at radius 1 is 1.04 bits per heavy atom. The highest BCUT2D eigenvalue weighted by atomic mass is 32.2. The molecule has 0 aliphatic heterocycles. The Labute approximate surface area is 167 Å². The van der Waals surface area contributed by atoms with Gasteiger partial charge in [-0.25, -0.2) is 13.1 Å². The number of carbonyl (C=O) groups excluding carboxylic acids is 1. The van der Waals surface area contributed by atoms with Crippen LogP contribution in [-0.2, 0) is 14.8 Å². The molecule has 0 unspecified atom stereocenters. The van der Waals surface area contributed by atoms with E-state index in [4.69, 9.17) is 0 Å². The molecule has 0 aliphatic carbocycles. The van der Waals surface area contributed by atoms with Gasteiger partial charge in [-0.2, -0.15) is 0 Å². The number of sulfonamides is 1. The predicted molar refractivity (Wildman–Crippen MR) is 111 cm³/mol. The van der Waals surface area contributed by atoms with Crippen LogP contribution in [0, 0.1) is 6.92 Å². The molecule has 1 heterocycles. The number of rotatable bonds is 11. The molecule has 1 aromatic carbocycles. The summed E-state index contributed by atoms with van der Waals surface area (Å²) in [5.74, 6) is -0.130. The molecular weight excluding hydrogens is 374 g/mol. The maximum absolute atomic E-state index is 12.1. The molecule has 1 aromatic heterocycles. The highest BCUT2D eigenvalue weighted by Gasteiger charge is 2.12. The van der Waals surface area contributed by atoms with Crippen molar-refractivity contribution in [2.24, 2.45) is 0 Å². The minimum absolute atomic E-state index is 0.130. The summed E-state index contributed by atoms with van der Waals surface area (Å²) < 4.78 is 26.9. The fraction of sp³-hybridized carbons (Fsp3) is 0.333. The highest BCUT2D eigenvalue weighted by molar-refractivity contribution is 7.89. The largest absolute Gasteiger partial charge is 0.353 e. The molecule has 6 nitrogen and oxygen atoms in total. The number of carbonyl (C=O) groups is 1. The van der Waals surface area contributed by atoms with Gasteiger partial charge in [-0.1, -0.05) is 36.6 Å². The highest BCUT2D eigenvalue weighted by Crippen LogP contribution is 2.10. The molecule has 0 saturated heterocycles. The van der Waals surface area contributed by atoms with Gasteiger partial charge >= 0.3 is 0 Å². The Balaban J connectivity index is 1.54. The van der Waals surface area contributed by atoms with E-state index in [-0.39, 0.29) is 5.91 Å². The number of nitrogens with one attached hydrogen (secondary N) is 2. The summed E-state index contributed by atoms with van der Waals surface area (Å²) in [6.07, 6.45) is 10.1. The van der Waals surface area contributed by atoms with Crippen LogP contribution in [0.2, 0.25) is 0 Å². The Morgan fingerprint density at radius 3 is 2.43 bits per heavy atom. The van der Waals surface area contributed by atoms with Crippen LogP contribution in [0.4, 0.5) is 0 Å². The smallest absolute Gasteiger partial charge is 0.243 e. The van der Waals surface area contributed by atoms with Gasteiger partial charge in [-0.05, 0) is 49.6 Å². The van der Waals surface area contributed by atoms with E-state index < -0.39 is 10.0 Å². The predicted octanol–water partition coefficient (Wildman–Crippen LogP) is 3.06. The third-order valence-corrected chi connectivity index (χ3v) is 5.61. The molecule has 0 radical (unpaired) electrons. The SMILES string of the molecule is Cc1ccc(S(=O)(=O)NCCCCCCNC(=O)C=Cc2cccnc2)cc1. The van der Waals surface area contributed by atoms with Gasteiger partial charge in [-0.15, -0.1) is 0 Å². The maximum atomic E-state index is 12.1. The summed E-state index contributed by atoms with van der Waals surface area (Å²) in [5.41, 5.74) is 1.91. The molecule has 1 amide bonds. The third-order valence-electron chi connectivity index (χ3n) is 4.14. The van der Waals surface area contributed by atoms with Crippen molar-refractivity contribution in [2.75, 3.05) is 13.1 Å². The lowest BCUT2D eigenvalue weighted by atomic mass is 10.2. The van der Waals surface area contributed by atoms with E-state index in [1.807, 2.05) is 19.1 Å². The number of hydrogen-bond donors (Lipinski definition) is 2. The first-order valence-electron chi connectivity index (χ1n) is 9.40. The Bertz CT molecular complexity index is 864. The van der Waals surface area contributed by atoms with E-state index in [0.717, 1.165) is 36.8 Å². The van der Waals surface area contributed by atoms with Gasteiger partial charge in [0.15, 0.2) is 0 Å². The lowest BCUT2D eigenvalue weighted by Crippen LogP contribution is -2.25. The quantitative estimate of drug-likeness (QED) is 0.447. The molecule has 150 valence electrons. The van der Waals surface area contributed by atoms with Crippen LogP contribution in [0.3, 0.4) is 0 Å².